The number of sulfonamides is 1. The number of benzene rings is 1. The van der Waals surface area contributed by atoms with Crippen LogP contribution in [0, 0.1) is 0 Å². The summed E-state index contributed by atoms with van der Waals surface area (Å²) < 4.78 is 25.0. The monoisotopic (exact) mass is 329 g/mol. The molecule has 0 aliphatic rings. The average Bonchev–Trinajstić information content (AvgIpc) is 2.78. The van der Waals surface area contributed by atoms with E-state index in [4.69, 9.17) is 10.8 Å². The number of carboxylic acids is 1. The van der Waals surface area contributed by atoms with Crippen LogP contribution in [0.5, 0.6) is 5.75 Å². The maximum Gasteiger partial charge on any atom is 0.320 e. The van der Waals surface area contributed by atoms with Crippen LogP contribution in [0.15, 0.2) is 23.6 Å². The number of nitrogen functional groups attached to an aromatic ring is 1. The van der Waals surface area contributed by atoms with Gasteiger partial charge in [-0.05, 0) is 18.2 Å². The predicted molar refractivity (Wildman–Crippen MR) is 78.7 cm³/mol. The Hall–Kier alpha value is -2.33. The van der Waals surface area contributed by atoms with Gasteiger partial charge in [0.05, 0.1) is 11.4 Å². The van der Waals surface area contributed by atoms with E-state index in [0.29, 0.717) is 11.3 Å². The lowest BCUT2D eigenvalue weighted by Crippen LogP contribution is -2.22. The summed E-state index contributed by atoms with van der Waals surface area (Å²) in [5, 5.41) is 19.5. The molecule has 0 saturated heterocycles. The minimum atomic E-state index is -3.98. The number of carbonyl (C=O) groups is 1. The number of nitrogens with two attached hydrogens (primary N) is 1. The third-order valence-electron chi connectivity index (χ3n) is 2.38. The van der Waals surface area contributed by atoms with Crippen molar-refractivity contribution in [2.45, 2.75) is 0 Å². The van der Waals surface area contributed by atoms with E-state index in [0.717, 1.165) is 11.3 Å². The van der Waals surface area contributed by atoms with E-state index < -0.39 is 21.7 Å². The number of aromatic nitrogens is 1. The molecule has 10 heteroatoms. The van der Waals surface area contributed by atoms with Crippen LogP contribution in [0.25, 0.3) is 11.3 Å². The van der Waals surface area contributed by atoms with E-state index >= 15 is 0 Å². The summed E-state index contributed by atoms with van der Waals surface area (Å²) in [6.07, 6.45) is 0. The summed E-state index contributed by atoms with van der Waals surface area (Å²) in [7, 11) is -3.98. The Morgan fingerprint density at radius 3 is 2.76 bits per heavy atom. The zero-order valence-electron chi connectivity index (χ0n) is 10.5. The van der Waals surface area contributed by atoms with Crippen LogP contribution in [0.2, 0.25) is 0 Å². The lowest BCUT2D eigenvalue weighted by atomic mass is 10.1. The maximum atomic E-state index is 11.5. The first-order chi connectivity index (χ1) is 9.77. The Balaban J connectivity index is 2.22. The molecule has 0 saturated carbocycles. The number of phenolic OH excluding ortho intramolecular Hbond substituents is 1. The van der Waals surface area contributed by atoms with Crippen molar-refractivity contribution in [1.29, 1.82) is 0 Å². The van der Waals surface area contributed by atoms with Gasteiger partial charge in [-0.1, -0.05) is 0 Å². The first-order valence-corrected chi connectivity index (χ1v) is 8.07. The van der Waals surface area contributed by atoms with Crippen molar-refractivity contribution in [3.63, 3.8) is 0 Å². The van der Waals surface area contributed by atoms with Gasteiger partial charge in [0.2, 0.25) is 10.0 Å². The lowest BCUT2D eigenvalue weighted by Gasteiger charge is -2.02. The molecular weight excluding hydrogens is 318 g/mol. The van der Waals surface area contributed by atoms with E-state index in [1.165, 1.54) is 12.1 Å². The number of anilines is 2. The number of hydrogen-bond donors (Lipinski definition) is 4. The summed E-state index contributed by atoms with van der Waals surface area (Å²) in [5.74, 6) is -2.55. The second-order valence-corrected chi connectivity index (χ2v) is 6.65. The third kappa shape index (κ3) is 3.83. The van der Waals surface area contributed by atoms with Gasteiger partial charge < -0.3 is 15.9 Å². The van der Waals surface area contributed by atoms with Crippen LogP contribution >= 0.6 is 11.3 Å². The highest BCUT2D eigenvalue weighted by Gasteiger charge is 2.17. The van der Waals surface area contributed by atoms with Gasteiger partial charge in [0, 0.05) is 10.9 Å². The summed E-state index contributed by atoms with van der Waals surface area (Å²) >= 11 is 1.01. The lowest BCUT2D eigenvalue weighted by molar-refractivity contribution is -0.134. The summed E-state index contributed by atoms with van der Waals surface area (Å²) in [5.41, 5.74) is 6.80. The van der Waals surface area contributed by atoms with Gasteiger partial charge in [0.25, 0.3) is 0 Å². The van der Waals surface area contributed by atoms with Crippen molar-refractivity contribution < 1.29 is 23.4 Å². The Kier molecular flexibility index (Phi) is 4.00. The molecule has 8 nitrogen and oxygen atoms in total. The number of thiazole rings is 1. The van der Waals surface area contributed by atoms with Gasteiger partial charge in [-0.3, -0.25) is 9.52 Å². The standard InChI is InChI=1S/C11H11N3O5S2/c12-7-3-6(1-2-9(7)15)8-4-20-11(13-8)14-21(18,19)5-10(16)17/h1-4,15H,5,12H2,(H,13,14)(H,16,17). The van der Waals surface area contributed by atoms with Crippen LogP contribution in [-0.4, -0.2) is 35.3 Å². The van der Waals surface area contributed by atoms with E-state index in [-0.39, 0.29) is 16.6 Å². The number of nitrogens with one attached hydrogen (secondary N) is 1. The highest BCUT2D eigenvalue weighted by Crippen LogP contribution is 2.30. The highest BCUT2D eigenvalue weighted by molar-refractivity contribution is 7.93. The van der Waals surface area contributed by atoms with Gasteiger partial charge >= 0.3 is 5.97 Å². The predicted octanol–water partition coefficient (Wildman–Crippen LogP) is 0.924. The minimum absolute atomic E-state index is 0.0536. The van der Waals surface area contributed by atoms with Gasteiger partial charge in [-0.15, -0.1) is 11.3 Å². The second-order valence-electron chi connectivity index (χ2n) is 4.07. The molecule has 5 N–H and O–H groups in total. The zero-order valence-corrected chi connectivity index (χ0v) is 12.1. The Morgan fingerprint density at radius 2 is 2.14 bits per heavy atom. The van der Waals surface area contributed by atoms with Crippen LogP contribution in [0.4, 0.5) is 10.8 Å². The average molecular weight is 329 g/mol. The smallest absolute Gasteiger partial charge is 0.320 e. The summed E-state index contributed by atoms with van der Waals surface area (Å²) in [4.78, 5) is 14.5. The molecule has 0 bridgehead atoms. The summed E-state index contributed by atoms with van der Waals surface area (Å²) in [6.45, 7) is 0. The number of nitrogens with zero attached hydrogens (tertiary/aromatic N) is 1. The zero-order chi connectivity index (χ0) is 15.6. The van der Waals surface area contributed by atoms with Crippen LogP contribution in [0.1, 0.15) is 0 Å². The fourth-order valence-electron chi connectivity index (χ4n) is 1.50. The molecule has 112 valence electrons. The Morgan fingerprint density at radius 1 is 1.43 bits per heavy atom. The van der Waals surface area contributed by atoms with Crippen molar-refractivity contribution >= 4 is 38.1 Å². The number of carboxylic acid groups (broad SMARTS) is 1. The Labute approximate surface area is 123 Å². The second kappa shape index (κ2) is 5.58. The van der Waals surface area contributed by atoms with Gasteiger partial charge in [0.1, 0.15) is 5.75 Å². The van der Waals surface area contributed by atoms with Crippen molar-refractivity contribution in [3.8, 4) is 17.0 Å². The van der Waals surface area contributed by atoms with Crippen LogP contribution in [-0.2, 0) is 14.8 Å². The molecule has 1 aromatic carbocycles. The molecule has 0 spiro atoms. The van der Waals surface area contributed by atoms with Crippen LogP contribution < -0.4 is 10.5 Å². The molecule has 0 aliphatic carbocycles. The quantitative estimate of drug-likeness (QED) is 0.472. The molecule has 21 heavy (non-hydrogen) atoms. The normalized spacial score (nSPS) is 11.2. The molecule has 0 radical (unpaired) electrons. The highest BCUT2D eigenvalue weighted by atomic mass is 32.2. The largest absolute Gasteiger partial charge is 0.506 e. The first kappa shape index (κ1) is 15.1. The maximum absolute atomic E-state index is 11.5. The molecule has 0 amide bonds. The molecule has 2 aromatic rings. The number of aliphatic carboxylic acids is 1. The van der Waals surface area contributed by atoms with E-state index in [9.17, 15) is 18.3 Å². The van der Waals surface area contributed by atoms with E-state index in [2.05, 4.69) is 9.71 Å². The minimum Gasteiger partial charge on any atom is -0.506 e. The topological polar surface area (TPSA) is 143 Å². The molecular formula is C11H11N3O5S2. The number of aromatic hydroxyl groups is 1. The van der Waals surface area contributed by atoms with Crippen molar-refractivity contribution in [2.24, 2.45) is 0 Å². The van der Waals surface area contributed by atoms with E-state index in [1.54, 1.807) is 11.4 Å². The van der Waals surface area contributed by atoms with Crippen molar-refractivity contribution in [3.05, 3.63) is 23.6 Å². The molecule has 0 atom stereocenters. The molecule has 0 unspecified atom stereocenters. The fraction of sp³-hybridized carbons (Fsp3) is 0.0909. The molecule has 1 heterocycles. The van der Waals surface area contributed by atoms with Gasteiger partial charge in [-0.2, -0.15) is 0 Å². The van der Waals surface area contributed by atoms with Gasteiger partial charge in [0.15, 0.2) is 10.9 Å². The van der Waals surface area contributed by atoms with Crippen LogP contribution in [0.3, 0.4) is 0 Å². The fourth-order valence-corrected chi connectivity index (χ4v) is 3.34. The molecule has 1 aromatic heterocycles. The molecule has 0 fully saturated rings. The number of phenols is 1. The van der Waals surface area contributed by atoms with Crippen molar-refractivity contribution in [2.75, 3.05) is 16.2 Å². The SMILES string of the molecule is Nc1cc(-c2csc(NS(=O)(=O)CC(=O)O)n2)ccc1O. The first-order valence-electron chi connectivity index (χ1n) is 5.53. The van der Waals surface area contributed by atoms with E-state index in [1.807, 2.05) is 0 Å². The summed E-state index contributed by atoms with van der Waals surface area (Å²) in [6, 6.07) is 4.48. The third-order valence-corrected chi connectivity index (χ3v) is 4.40. The molecule has 0 aliphatic heterocycles. The Bertz CT molecular complexity index is 785. The van der Waals surface area contributed by atoms with Gasteiger partial charge in [-0.25, -0.2) is 13.4 Å². The van der Waals surface area contributed by atoms with Crippen molar-refractivity contribution in [1.82, 2.24) is 4.98 Å². The molecule has 2 rings (SSSR count). The number of hydrogen-bond acceptors (Lipinski definition) is 7. The number of rotatable bonds is 5.